The Balaban J connectivity index is 1.43. The van der Waals surface area contributed by atoms with Crippen molar-refractivity contribution in [3.8, 4) is 0 Å². The Hall–Kier alpha value is -3.76. The highest BCUT2D eigenvalue weighted by Crippen LogP contribution is 2.34. The van der Waals surface area contributed by atoms with E-state index in [9.17, 15) is 18.8 Å². The molecule has 2 aliphatic heterocycles. The summed E-state index contributed by atoms with van der Waals surface area (Å²) in [4.78, 5) is 45.0. The molecule has 3 aromatic rings. The van der Waals surface area contributed by atoms with E-state index in [1.165, 1.54) is 17.1 Å². The van der Waals surface area contributed by atoms with Crippen LogP contribution in [0.25, 0.3) is 0 Å². The molecule has 3 heterocycles. The first kappa shape index (κ1) is 24.9. The van der Waals surface area contributed by atoms with Crippen LogP contribution >= 0.6 is 11.3 Å². The van der Waals surface area contributed by atoms with Crippen LogP contribution in [0.15, 0.2) is 72.1 Å². The van der Waals surface area contributed by atoms with E-state index in [0.29, 0.717) is 18.5 Å². The number of rotatable bonds is 6. The maximum atomic E-state index is 13.8. The van der Waals surface area contributed by atoms with Gasteiger partial charge in [-0.25, -0.2) is 19.2 Å². The van der Waals surface area contributed by atoms with Gasteiger partial charge in [0.2, 0.25) is 11.8 Å². The van der Waals surface area contributed by atoms with E-state index in [1.54, 1.807) is 45.3 Å². The molecule has 0 saturated carbocycles. The Morgan fingerprint density at radius 2 is 1.81 bits per heavy atom. The molecule has 8 nitrogen and oxygen atoms in total. The molecule has 0 spiro atoms. The molecule has 37 heavy (non-hydrogen) atoms. The molecule has 2 atom stereocenters. The van der Waals surface area contributed by atoms with Crippen molar-refractivity contribution in [1.29, 1.82) is 0 Å². The lowest BCUT2D eigenvalue weighted by atomic mass is 9.98. The third-order valence-electron chi connectivity index (χ3n) is 6.72. The number of amides is 4. The summed E-state index contributed by atoms with van der Waals surface area (Å²) >= 11 is 1.64. The second-order valence-electron chi connectivity index (χ2n) is 9.15. The molecule has 0 bridgehead atoms. The van der Waals surface area contributed by atoms with Crippen LogP contribution in [0.5, 0.6) is 0 Å². The molecular weight excluding hydrogens is 493 g/mol. The number of benzene rings is 2. The summed E-state index contributed by atoms with van der Waals surface area (Å²) in [5.41, 5.74) is 1.46. The van der Waals surface area contributed by atoms with Gasteiger partial charge in [-0.05, 0) is 41.1 Å². The molecule has 2 aromatic carbocycles. The van der Waals surface area contributed by atoms with Gasteiger partial charge < -0.3 is 15.1 Å². The summed E-state index contributed by atoms with van der Waals surface area (Å²) in [6.07, 6.45) is 0.0174. The van der Waals surface area contributed by atoms with E-state index < -0.39 is 18.2 Å². The van der Waals surface area contributed by atoms with Gasteiger partial charge in [0, 0.05) is 25.0 Å². The van der Waals surface area contributed by atoms with E-state index >= 15 is 0 Å². The van der Waals surface area contributed by atoms with Crippen molar-refractivity contribution in [2.75, 3.05) is 26.7 Å². The maximum Gasteiger partial charge on any atom is 0.334 e. The third-order valence-corrected chi connectivity index (χ3v) is 7.66. The zero-order chi connectivity index (χ0) is 25.9. The van der Waals surface area contributed by atoms with Crippen molar-refractivity contribution in [2.45, 2.75) is 25.2 Å². The first-order valence-electron chi connectivity index (χ1n) is 12.1. The standard InChI is InChI=1S/C27H28FN5O3S/c1-30-18-24(34)32-23(33(30)27(36)29-16-19-9-11-21(28)12-10-19)17-31(14-13-22-8-5-15-37-22)26(35)25(32)20-6-3-2-4-7-20/h2-12,15,23,25H,13-14,16-18H2,1H3,(H,29,36)/t23-,25-/m0/s1. The molecular formula is C27H28FN5O3S. The van der Waals surface area contributed by atoms with Crippen LogP contribution in [0.3, 0.4) is 0 Å². The fraction of sp³-hybridized carbons (Fsp3) is 0.296. The van der Waals surface area contributed by atoms with Crippen LogP contribution in [0.2, 0.25) is 0 Å². The minimum absolute atomic E-state index is 0.0354. The Kier molecular flexibility index (Phi) is 7.20. The van der Waals surface area contributed by atoms with E-state index in [4.69, 9.17) is 0 Å². The maximum absolute atomic E-state index is 13.8. The van der Waals surface area contributed by atoms with E-state index in [0.717, 1.165) is 10.4 Å². The summed E-state index contributed by atoms with van der Waals surface area (Å²) in [5.74, 6) is -0.708. The predicted octanol–water partition coefficient (Wildman–Crippen LogP) is 3.24. The average molecular weight is 522 g/mol. The topological polar surface area (TPSA) is 76.2 Å². The second-order valence-corrected chi connectivity index (χ2v) is 10.2. The van der Waals surface area contributed by atoms with Crippen molar-refractivity contribution < 1.29 is 18.8 Å². The van der Waals surface area contributed by atoms with Crippen molar-refractivity contribution in [1.82, 2.24) is 25.1 Å². The predicted molar refractivity (Wildman–Crippen MR) is 138 cm³/mol. The summed E-state index contributed by atoms with van der Waals surface area (Å²) in [6.45, 7) is 0.850. The van der Waals surface area contributed by atoms with Gasteiger partial charge in [-0.15, -0.1) is 11.3 Å². The Bertz CT molecular complexity index is 1250. The monoisotopic (exact) mass is 521 g/mol. The Labute approximate surface area is 218 Å². The number of fused-ring (bicyclic) bond motifs is 1. The lowest BCUT2D eigenvalue weighted by Crippen LogP contribution is -2.73. The fourth-order valence-electron chi connectivity index (χ4n) is 4.92. The van der Waals surface area contributed by atoms with Crippen LogP contribution in [0, 0.1) is 5.82 Å². The number of carbonyl (C=O) groups excluding carboxylic acids is 3. The SMILES string of the molecule is CN1CC(=O)N2[C@@H](c3ccccc3)C(=O)N(CCc3cccs3)C[C@@H]2N1C(=O)NCc1ccc(F)cc1. The van der Waals surface area contributed by atoms with Gasteiger partial charge in [0.15, 0.2) is 0 Å². The second kappa shape index (κ2) is 10.7. The van der Waals surface area contributed by atoms with E-state index in [2.05, 4.69) is 5.32 Å². The average Bonchev–Trinajstić information content (AvgIpc) is 3.42. The summed E-state index contributed by atoms with van der Waals surface area (Å²) in [7, 11) is 1.69. The number of hydrogen-bond donors (Lipinski definition) is 1. The molecule has 5 rings (SSSR count). The summed E-state index contributed by atoms with van der Waals surface area (Å²) < 4.78 is 13.3. The molecule has 10 heteroatoms. The van der Waals surface area contributed by atoms with Crippen molar-refractivity contribution in [3.63, 3.8) is 0 Å². The molecule has 1 aromatic heterocycles. The van der Waals surface area contributed by atoms with Gasteiger partial charge in [0.25, 0.3) is 0 Å². The van der Waals surface area contributed by atoms with Gasteiger partial charge in [-0.3, -0.25) is 9.59 Å². The van der Waals surface area contributed by atoms with Crippen LogP contribution in [-0.4, -0.2) is 70.5 Å². The zero-order valence-corrected chi connectivity index (χ0v) is 21.2. The molecule has 1 N–H and O–H groups in total. The first-order valence-corrected chi connectivity index (χ1v) is 13.0. The first-order chi connectivity index (χ1) is 17.9. The van der Waals surface area contributed by atoms with Gasteiger partial charge in [-0.2, -0.15) is 0 Å². The number of carbonyl (C=O) groups is 3. The highest BCUT2D eigenvalue weighted by molar-refractivity contribution is 7.09. The molecule has 2 saturated heterocycles. The van der Waals surface area contributed by atoms with Gasteiger partial charge >= 0.3 is 6.03 Å². The van der Waals surface area contributed by atoms with Gasteiger partial charge in [0.05, 0.1) is 13.1 Å². The number of nitrogens with zero attached hydrogens (tertiary/aromatic N) is 4. The number of halogens is 1. The molecule has 192 valence electrons. The Morgan fingerprint density at radius 1 is 1.05 bits per heavy atom. The van der Waals surface area contributed by atoms with Crippen molar-refractivity contribution in [3.05, 3.63) is 93.9 Å². The fourth-order valence-corrected chi connectivity index (χ4v) is 5.62. The highest BCUT2D eigenvalue weighted by Gasteiger charge is 2.51. The number of piperazine rings is 1. The number of hydrogen-bond acceptors (Lipinski definition) is 5. The van der Waals surface area contributed by atoms with E-state index in [-0.39, 0.29) is 37.3 Å². The number of thiophene rings is 1. The zero-order valence-electron chi connectivity index (χ0n) is 20.4. The van der Waals surface area contributed by atoms with Crippen LogP contribution in [0.1, 0.15) is 22.0 Å². The lowest BCUT2D eigenvalue weighted by Gasteiger charge is -2.54. The highest BCUT2D eigenvalue weighted by atomic mass is 32.1. The van der Waals surface area contributed by atoms with Gasteiger partial charge in [0.1, 0.15) is 18.0 Å². The van der Waals surface area contributed by atoms with Crippen molar-refractivity contribution in [2.24, 2.45) is 0 Å². The number of nitrogens with one attached hydrogen (secondary N) is 1. The largest absolute Gasteiger partial charge is 0.336 e. The number of likely N-dealkylation sites (N-methyl/N-ethyl adjacent to an activating group) is 1. The molecule has 2 aliphatic rings. The quantitative estimate of drug-likeness (QED) is 0.541. The minimum Gasteiger partial charge on any atom is -0.336 e. The minimum atomic E-state index is -0.822. The molecule has 0 radical (unpaired) electrons. The molecule has 0 unspecified atom stereocenters. The van der Waals surface area contributed by atoms with Crippen LogP contribution in [-0.2, 0) is 22.6 Å². The van der Waals surface area contributed by atoms with E-state index in [1.807, 2.05) is 47.8 Å². The summed E-state index contributed by atoms with van der Waals surface area (Å²) in [5, 5.41) is 8.00. The lowest BCUT2D eigenvalue weighted by molar-refractivity contribution is -0.187. The Morgan fingerprint density at radius 3 is 2.51 bits per heavy atom. The molecule has 0 aliphatic carbocycles. The van der Waals surface area contributed by atoms with Crippen molar-refractivity contribution >= 4 is 29.2 Å². The molecule has 4 amide bonds. The molecule has 2 fully saturated rings. The third kappa shape index (κ3) is 5.21. The normalized spacial score (nSPS) is 20.2. The summed E-state index contributed by atoms with van der Waals surface area (Å²) in [6, 6.07) is 17.9. The smallest absolute Gasteiger partial charge is 0.334 e. The van der Waals surface area contributed by atoms with Crippen LogP contribution in [0.4, 0.5) is 9.18 Å². The van der Waals surface area contributed by atoms with Crippen LogP contribution < -0.4 is 5.32 Å². The van der Waals surface area contributed by atoms with Gasteiger partial charge in [-0.1, -0.05) is 48.5 Å². The number of urea groups is 1. The number of hydrazine groups is 1.